The maximum atomic E-state index is 13.5. The van der Waals surface area contributed by atoms with Gasteiger partial charge in [0.1, 0.15) is 19.3 Å². The number of amides is 1. The highest BCUT2D eigenvalue weighted by molar-refractivity contribution is 7.47. The molecule has 10 heteroatoms. The summed E-state index contributed by atoms with van der Waals surface area (Å²) in [6.45, 7) is 6.69. The normalized spacial score (nSPS) is 14.6. The van der Waals surface area contributed by atoms with E-state index in [1.807, 2.05) is 94.1 Å². The Hall–Kier alpha value is -4.11. The first kappa shape index (κ1) is 76.9. The van der Waals surface area contributed by atoms with Crippen molar-refractivity contribution in [2.45, 2.75) is 251 Å². The average molecular weight is 1140 g/mol. The van der Waals surface area contributed by atoms with Crippen LogP contribution in [-0.2, 0) is 27.9 Å². The zero-order chi connectivity index (χ0) is 59.3. The van der Waals surface area contributed by atoms with Gasteiger partial charge < -0.3 is 19.4 Å². The summed E-state index contributed by atoms with van der Waals surface area (Å²) >= 11 is 0. The molecule has 2 N–H and O–H groups in total. The molecule has 1 amide bonds. The fraction of sp³-hybridized carbons (Fsp3) is 0.634. The zero-order valence-corrected chi connectivity index (χ0v) is 53.4. The Morgan fingerprint density at radius 1 is 0.457 bits per heavy atom. The molecule has 0 aromatic heterocycles. The Morgan fingerprint density at radius 2 is 0.852 bits per heavy atom. The van der Waals surface area contributed by atoms with Gasteiger partial charge in [-0.05, 0) is 96.0 Å². The van der Waals surface area contributed by atoms with Crippen LogP contribution >= 0.6 is 7.82 Å². The van der Waals surface area contributed by atoms with Crippen molar-refractivity contribution in [1.82, 2.24) is 5.32 Å². The molecule has 0 radical (unpaired) electrons. The summed E-state index contributed by atoms with van der Waals surface area (Å²) in [6.07, 6.45) is 85.7. The number of nitrogens with zero attached hydrogens (tertiary/aromatic N) is 1. The van der Waals surface area contributed by atoms with Gasteiger partial charge in [-0.3, -0.25) is 18.6 Å². The third-order valence-electron chi connectivity index (χ3n) is 13.4. The predicted octanol–water partition coefficient (Wildman–Crippen LogP) is 20.2. The average Bonchev–Trinajstić information content (AvgIpc) is 3.44. The summed E-state index contributed by atoms with van der Waals surface area (Å²) < 4.78 is 30.7. The number of phosphoric ester groups is 1. The minimum Gasteiger partial charge on any atom is -0.456 e. The first-order valence-corrected chi connectivity index (χ1v) is 33.7. The third-order valence-corrected chi connectivity index (χ3v) is 14.4. The molecule has 9 nitrogen and oxygen atoms in total. The molecule has 0 rings (SSSR count). The van der Waals surface area contributed by atoms with Gasteiger partial charge in [0, 0.05) is 12.8 Å². The lowest BCUT2D eigenvalue weighted by atomic mass is 10.0. The van der Waals surface area contributed by atoms with Gasteiger partial charge in [-0.25, -0.2) is 4.57 Å². The van der Waals surface area contributed by atoms with E-state index < -0.39 is 20.0 Å². The summed E-state index contributed by atoms with van der Waals surface area (Å²) in [5.74, 6) is -0.570. The van der Waals surface area contributed by atoms with E-state index >= 15 is 0 Å². The molecule has 0 aromatic rings. The third kappa shape index (κ3) is 60.3. The molecule has 81 heavy (non-hydrogen) atoms. The van der Waals surface area contributed by atoms with E-state index in [-0.39, 0.29) is 37.9 Å². The van der Waals surface area contributed by atoms with Gasteiger partial charge in [-0.1, -0.05) is 276 Å². The lowest BCUT2D eigenvalue weighted by molar-refractivity contribution is -0.870. The molecule has 0 heterocycles. The van der Waals surface area contributed by atoms with Crippen molar-refractivity contribution in [2.24, 2.45) is 0 Å². The monoisotopic (exact) mass is 1140 g/mol. The highest BCUT2D eigenvalue weighted by Crippen LogP contribution is 2.43. The number of hydrogen-bond donors (Lipinski definition) is 2. The van der Waals surface area contributed by atoms with Crippen molar-refractivity contribution >= 4 is 19.7 Å². The molecule has 0 bridgehead atoms. The van der Waals surface area contributed by atoms with Crippen LogP contribution in [0.4, 0.5) is 0 Å². The number of likely N-dealkylation sites (N-methyl/N-ethyl adjacent to an activating group) is 1. The number of phosphoric acid groups is 1. The molecule has 0 saturated carbocycles. The van der Waals surface area contributed by atoms with E-state index in [9.17, 15) is 19.0 Å². The van der Waals surface area contributed by atoms with E-state index in [2.05, 4.69) is 99.0 Å². The van der Waals surface area contributed by atoms with Gasteiger partial charge in [0.05, 0.1) is 33.8 Å². The number of quaternary nitrogens is 1. The number of allylic oxidation sites excluding steroid dienone is 23. The fourth-order valence-corrected chi connectivity index (χ4v) is 9.26. The molecular weight excluding hydrogens is 1020 g/mol. The fourth-order valence-electron chi connectivity index (χ4n) is 8.53. The second kappa shape index (κ2) is 59.1. The van der Waals surface area contributed by atoms with Crippen LogP contribution in [0.25, 0.3) is 0 Å². The lowest BCUT2D eigenvalue weighted by Crippen LogP contribution is -2.47. The largest absolute Gasteiger partial charge is 0.472 e. The standard InChI is InChI=1S/C71H119N2O7P/c1-7-10-13-16-19-22-25-27-29-31-32-33-34-35-36-37-38-39-40-42-44-46-49-52-55-58-61-64-71(75)80-69(62-59-56-53-50-47-24-21-18-15-12-9-3)68(67-79-81(76,77)78-66-65-73(4,5)6)72-70(74)63-60-57-54-51-48-45-43-41-30-28-26-23-20-17-14-11-8-2/h10-11,13-14,17,19-20,22-23,26-30,32-33,35-36,41,43,45,48,59,62,68-69H,7-9,12,15-16,18,21,24-25,31,34,37-40,42,44,46-47,49-58,60-61,63-67H2,1-6H3,(H-,72,74,76,77)/p+1/b13-10-,14-11-,20-17+,22-19-,26-23+,29-27-,30-28-,33-32-,36-35-,43-41+,48-45+,62-59-. The number of nitrogens with one attached hydrogen (secondary N) is 1. The molecule has 0 saturated heterocycles. The first-order chi connectivity index (χ1) is 39.4. The molecule has 0 aliphatic carbocycles. The van der Waals surface area contributed by atoms with Gasteiger partial charge >= 0.3 is 13.8 Å². The Kier molecular flexibility index (Phi) is 56.1. The predicted molar refractivity (Wildman–Crippen MR) is 350 cm³/mol. The smallest absolute Gasteiger partial charge is 0.456 e. The Bertz CT molecular complexity index is 1890. The summed E-state index contributed by atoms with van der Waals surface area (Å²) in [6, 6.07) is -0.883. The highest BCUT2D eigenvalue weighted by Gasteiger charge is 2.30. The van der Waals surface area contributed by atoms with Gasteiger partial charge in [-0.15, -0.1) is 0 Å². The number of ether oxygens (including phenoxy) is 1. The molecule has 3 unspecified atom stereocenters. The van der Waals surface area contributed by atoms with Gasteiger partial charge in [0.25, 0.3) is 0 Å². The van der Waals surface area contributed by atoms with Gasteiger partial charge in [0.15, 0.2) is 0 Å². The number of carbonyl (C=O) groups is 2. The van der Waals surface area contributed by atoms with E-state index in [0.29, 0.717) is 17.4 Å². The van der Waals surface area contributed by atoms with Crippen LogP contribution in [0, 0.1) is 0 Å². The summed E-state index contributed by atoms with van der Waals surface area (Å²) in [5, 5.41) is 3.03. The lowest BCUT2D eigenvalue weighted by Gasteiger charge is -2.27. The van der Waals surface area contributed by atoms with E-state index in [1.165, 1.54) is 89.9 Å². The second-order valence-electron chi connectivity index (χ2n) is 22.3. The maximum absolute atomic E-state index is 13.5. The van der Waals surface area contributed by atoms with Crippen molar-refractivity contribution in [3.63, 3.8) is 0 Å². The summed E-state index contributed by atoms with van der Waals surface area (Å²) in [4.78, 5) is 37.7. The molecular formula is C71H120N2O7P+. The Morgan fingerprint density at radius 3 is 1.35 bits per heavy atom. The number of carbonyl (C=O) groups excluding carboxylic acids is 2. The van der Waals surface area contributed by atoms with E-state index in [1.54, 1.807) is 0 Å². The van der Waals surface area contributed by atoms with Crippen LogP contribution in [0.2, 0.25) is 0 Å². The van der Waals surface area contributed by atoms with Crippen LogP contribution in [0.15, 0.2) is 146 Å². The van der Waals surface area contributed by atoms with E-state index in [0.717, 1.165) is 109 Å². The summed E-state index contributed by atoms with van der Waals surface area (Å²) in [5.41, 5.74) is 0. The number of hydrogen-bond acceptors (Lipinski definition) is 6. The van der Waals surface area contributed by atoms with Gasteiger partial charge in [0.2, 0.25) is 5.91 Å². The molecule has 460 valence electrons. The van der Waals surface area contributed by atoms with Gasteiger partial charge in [-0.2, -0.15) is 0 Å². The summed E-state index contributed by atoms with van der Waals surface area (Å²) in [7, 11) is 1.44. The van der Waals surface area contributed by atoms with Crippen molar-refractivity contribution in [2.75, 3.05) is 40.9 Å². The number of rotatable bonds is 56. The highest BCUT2D eigenvalue weighted by atomic mass is 31.2. The van der Waals surface area contributed by atoms with E-state index in [4.69, 9.17) is 13.8 Å². The van der Waals surface area contributed by atoms with Crippen molar-refractivity contribution in [1.29, 1.82) is 0 Å². The molecule has 0 aromatic carbocycles. The number of esters is 1. The maximum Gasteiger partial charge on any atom is 0.472 e. The molecule has 0 aliphatic rings. The molecule has 3 atom stereocenters. The second-order valence-corrected chi connectivity index (χ2v) is 23.8. The molecule has 0 spiro atoms. The molecule has 0 fully saturated rings. The zero-order valence-electron chi connectivity index (χ0n) is 52.5. The first-order valence-electron chi connectivity index (χ1n) is 32.2. The number of unbranched alkanes of at least 4 members (excludes halogenated alkanes) is 23. The van der Waals surface area contributed by atoms with Crippen molar-refractivity contribution in [3.05, 3.63) is 146 Å². The minimum absolute atomic E-state index is 0.0224. The van der Waals surface area contributed by atoms with Crippen LogP contribution in [0.1, 0.15) is 239 Å². The molecule has 0 aliphatic heterocycles. The van der Waals surface area contributed by atoms with Crippen molar-refractivity contribution in [3.8, 4) is 0 Å². The Balaban J connectivity index is 5.16. The van der Waals surface area contributed by atoms with Crippen LogP contribution in [0.3, 0.4) is 0 Å². The van der Waals surface area contributed by atoms with Crippen molar-refractivity contribution < 1.29 is 37.3 Å². The minimum atomic E-state index is -4.47. The topological polar surface area (TPSA) is 111 Å². The quantitative estimate of drug-likeness (QED) is 0.0156. The van der Waals surface area contributed by atoms with Crippen LogP contribution in [-0.4, -0.2) is 74.3 Å². The van der Waals surface area contributed by atoms with Crippen LogP contribution < -0.4 is 5.32 Å². The Labute approximate surface area is 498 Å². The van der Waals surface area contributed by atoms with Crippen LogP contribution in [0.5, 0.6) is 0 Å². The SMILES string of the molecule is CC\C=C/C=C/C=C/C=C\C=C\C=C\CCCCCC(=O)NC(COP(=O)(O)OCC[N+](C)(C)C)C(/C=C\CCCCCCCCCCC)OC(=O)CCCCCCCCCCCCC/C=C\C/C=C\C/C=C\C/C=C\C/C=C\CC.